The van der Waals surface area contributed by atoms with Crippen LogP contribution in [0.4, 0.5) is 23.7 Å². The summed E-state index contributed by atoms with van der Waals surface area (Å²) in [5.41, 5.74) is 6.67. The zero-order valence-electron chi connectivity index (χ0n) is 19.6. The number of para-hydroxylation sites is 2. The van der Waals surface area contributed by atoms with Crippen LogP contribution in [0.15, 0.2) is 42.5 Å². The fraction of sp³-hybridized carbons (Fsp3) is 0.417. The Labute approximate surface area is 215 Å². The van der Waals surface area contributed by atoms with Crippen LogP contribution in [0.5, 0.6) is 11.5 Å². The number of nitrogens with two attached hydrogens (primary N) is 1. The van der Waals surface area contributed by atoms with E-state index in [9.17, 15) is 23.1 Å². The summed E-state index contributed by atoms with van der Waals surface area (Å²) < 4.78 is 43.7. The molecule has 2 aliphatic rings. The number of aliphatic carboxylic acids is 1. The SMILES string of the molecule is NC(=O)Nc1ccccc1OC[C@@H](O)CN1CCC2(CC1)Cc1cc(Cl)ccc1O2.O=C(O)C(F)(F)F. The molecule has 37 heavy (non-hydrogen) atoms. The Morgan fingerprint density at radius 1 is 1.22 bits per heavy atom. The van der Waals surface area contributed by atoms with Gasteiger partial charge in [-0.3, -0.25) is 0 Å². The number of hydrogen-bond acceptors (Lipinski definition) is 6. The van der Waals surface area contributed by atoms with Crippen LogP contribution in [0.1, 0.15) is 18.4 Å². The van der Waals surface area contributed by atoms with Gasteiger partial charge in [-0.25, -0.2) is 9.59 Å². The summed E-state index contributed by atoms with van der Waals surface area (Å²) in [4.78, 5) is 22.2. The summed E-state index contributed by atoms with van der Waals surface area (Å²) in [7, 11) is 0. The van der Waals surface area contributed by atoms with E-state index in [1.807, 2.05) is 18.2 Å². The molecule has 0 radical (unpaired) electrons. The van der Waals surface area contributed by atoms with Crippen molar-refractivity contribution in [3.05, 3.63) is 53.1 Å². The van der Waals surface area contributed by atoms with Crippen LogP contribution in [0.2, 0.25) is 5.02 Å². The molecule has 5 N–H and O–H groups in total. The highest BCUT2D eigenvalue weighted by Gasteiger charge is 2.42. The van der Waals surface area contributed by atoms with Crippen LogP contribution in [0.3, 0.4) is 0 Å². The Morgan fingerprint density at radius 2 is 1.86 bits per heavy atom. The molecule has 2 aromatic rings. The molecule has 0 bridgehead atoms. The van der Waals surface area contributed by atoms with Gasteiger partial charge in [-0.15, -0.1) is 0 Å². The Morgan fingerprint density at radius 3 is 2.49 bits per heavy atom. The van der Waals surface area contributed by atoms with Gasteiger partial charge in [0.05, 0.1) is 5.69 Å². The highest BCUT2D eigenvalue weighted by Crippen LogP contribution is 2.42. The highest BCUT2D eigenvalue weighted by atomic mass is 35.5. The number of carbonyl (C=O) groups excluding carboxylic acids is 1. The first-order valence-corrected chi connectivity index (χ1v) is 11.7. The molecule has 2 heterocycles. The van der Waals surface area contributed by atoms with Crippen molar-refractivity contribution in [3.8, 4) is 11.5 Å². The molecule has 0 aromatic heterocycles. The lowest BCUT2D eigenvalue weighted by molar-refractivity contribution is -0.192. The van der Waals surface area contributed by atoms with Crippen LogP contribution >= 0.6 is 11.6 Å². The molecular weight excluding hydrogens is 519 g/mol. The van der Waals surface area contributed by atoms with E-state index >= 15 is 0 Å². The quantitative estimate of drug-likeness (QED) is 0.435. The predicted octanol–water partition coefficient (Wildman–Crippen LogP) is 3.67. The zero-order valence-corrected chi connectivity index (χ0v) is 20.4. The molecule has 0 unspecified atom stereocenters. The van der Waals surface area contributed by atoms with Crippen LogP contribution in [-0.2, 0) is 11.2 Å². The number of nitrogens with zero attached hydrogens (tertiary/aromatic N) is 1. The first-order valence-electron chi connectivity index (χ1n) is 11.3. The van der Waals surface area contributed by atoms with Gasteiger partial charge in [-0.2, -0.15) is 13.2 Å². The minimum absolute atomic E-state index is 0.125. The Kier molecular flexibility index (Phi) is 9.11. The second kappa shape index (κ2) is 11.9. The molecule has 2 amide bonds. The lowest BCUT2D eigenvalue weighted by Crippen LogP contribution is -2.49. The van der Waals surface area contributed by atoms with Crippen LogP contribution < -0.4 is 20.5 Å². The van der Waals surface area contributed by atoms with E-state index in [2.05, 4.69) is 10.2 Å². The number of aliphatic hydroxyl groups is 1. The number of fused-ring (bicyclic) bond motifs is 1. The van der Waals surface area contributed by atoms with Gasteiger partial charge in [0.15, 0.2) is 0 Å². The number of β-amino-alcohol motifs (C(OH)–C–C–N with tert-alkyl or cyclic N) is 1. The monoisotopic (exact) mass is 545 g/mol. The first kappa shape index (κ1) is 28.4. The van der Waals surface area contributed by atoms with Gasteiger partial charge in [0, 0.05) is 43.9 Å². The van der Waals surface area contributed by atoms with E-state index in [0.29, 0.717) is 18.0 Å². The van der Waals surface area contributed by atoms with Gasteiger partial charge in [-0.1, -0.05) is 23.7 Å². The van der Waals surface area contributed by atoms with E-state index in [-0.39, 0.29) is 12.2 Å². The van der Waals surface area contributed by atoms with Crippen molar-refractivity contribution in [3.63, 3.8) is 0 Å². The Hall–Kier alpha value is -3.22. The first-order chi connectivity index (χ1) is 17.4. The minimum atomic E-state index is -5.08. The second-order valence-corrected chi connectivity index (χ2v) is 9.20. The number of piperidine rings is 1. The molecule has 1 saturated heterocycles. The number of carbonyl (C=O) groups is 2. The maximum atomic E-state index is 11.1. The summed E-state index contributed by atoms with van der Waals surface area (Å²) in [6, 6.07) is 12.1. The topological polar surface area (TPSA) is 134 Å². The standard InChI is InChI=1S/C22H26ClN3O4.C2HF3O2/c23-16-5-6-19-15(11-16)12-22(30-19)7-9-26(10-8-22)13-17(27)14-29-20-4-2-1-3-18(20)25-21(24)28;3-2(4,5)1(6)7/h1-6,11,17,27H,7-10,12-14H2,(H3,24,25,28);(H,6,7)/t17-;/m0./s1. The molecular formula is C24H27ClF3N3O6. The van der Waals surface area contributed by atoms with E-state index < -0.39 is 24.3 Å². The molecule has 0 aliphatic carbocycles. The number of carboxylic acids is 1. The maximum absolute atomic E-state index is 11.1. The van der Waals surface area contributed by atoms with Gasteiger partial charge in [-0.05, 0) is 35.9 Å². The number of aliphatic hydroxyl groups excluding tert-OH is 1. The van der Waals surface area contributed by atoms with Gasteiger partial charge >= 0.3 is 18.2 Å². The van der Waals surface area contributed by atoms with Crippen LogP contribution in [0.25, 0.3) is 0 Å². The minimum Gasteiger partial charge on any atom is -0.489 e. The molecule has 2 aromatic carbocycles. The summed E-state index contributed by atoms with van der Waals surface area (Å²) in [5, 5.41) is 20.8. The molecule has 0 saturated carbocycles. The van der Waals surface area contributed by atoms with Crippen molar-refractivity contribution in [1.82, 2.24) is 4.90 Å². The third-order valence-corrected chi connectivity index (χ3v) is 6.15. The van der Waals surface area contributed by atoms with E-state index in [1.165, 1.54) is 5.56 Å². The van der Waals surface area contributed by atoms with E-state index in [0.717, 1.165) is 43.1 Å². The number of ether oxygens (including phenoxy) is 2. The van der Waals surface area contributed by atoms with Crippen molar-refractivity contribution in [2.45, 2.75) is 37.1 Å². The molecule has 1 spiro atoms. The molecule has 1 atom stereocenters. The second-order valence-electron chi connectivity index (χ2n) is 8.77. The van der Waals surface area contributed by atoms with Crippen molar-refractivity contribution >= 4 is 29.3 Å². The number of anilines is 1. The molecule has 202 valence electrons. The van der Waals surface area contributed by atoms with E-state index in [1.54, 1.807) is 24.3 Å². The zero-order chi connectivity index (χ0) is 27.2. The number of carboxylic acid groups (broad SMARTS) is 1. The lowest BCUT2D eigenvalue weighted by atomic mass is 9.87. The van der Waals surface area contributed by atoms with Gasteiger partial charge in [0.1, 0.15) is 29.8 Å². The Balaban J connectivity index is 0.000000479. The average Bonchev–Trinajstić information content (AvgIpc) is 3.16. The smallest absolute Gasteiger partial charge is 0.489 e. The summed E-state index contributed by atoms with van der Waals surface area (Å²) in [6.45, 7) is 2.33. The number of benzene rings is 2. The van der Waals surface area contributed by atoms with Gasteiger partial charge in [0.2, 0.25) is 0 Å². The summed E-state index contributed by atoms with van der Waals surface area (Å²) in [5.74, 6) is -1.35. The van der Waals surface area contributed by atoms with Crippen molar-refractivity contribution in [2.24, 2.45) is 5.73 Å². The lowest BCUT2D eigenvalue weighted by Gasteiger charge is -2.39. The van der Waals surface area contributed by atoms with Crippen molar-refractivity contribution in [2.75, 3.05) is 31.6 Å². The number of amides is 2. The summed E-state index contributed by atoms with van der Waals surface area (Å²) in [6.07, 6.45) is -3.05. The van der Waals surface area contributed by atoms with Gasteiger partial charge in [0.25, 0.3) is 0 Å². The van der Waals surface area contributed by atoms with Crippen LogP contribution in [0, 0.1) is 0 Å². The number of nitrogens with one attached hydrogen (secondary N) is 1. The maximum Gasteiger partial charge on any atom is 0.490 e. The van der Waals surface area contributed by atoms with E-state index in [4.69, 9.17) is 36.7 Å². The average molecular weight is 546 g/mol. The number of hydrogen-bond donors (Lipinski definition) is 4. The third kappa shape index (κ3) is 8.14. The molecule has 2 aliphatic heterocycles. The molecule has 4 rings (SSSR count). The Bertz CT molecular complexity index is 1110. The molecule has 13 heteroatoms. The van der Waals surface area contributed by atoms with Crippen LogP contribution in [-0.4, -0.2) is 71.2 Å². The third-order valence-electron chi connectivity index (χ3n) is 5.92. The fourth-order valence-corrected chi connectivity index (χ4v) is 4.38. The fourth-order valence-electron chi connectivity index (χ4n) is 4.19. The number of primary amides is 1. The largest absolute Gasteiger partial charge is 0.490 e. The van der Waals surface area contributed by atoms with Gasteiger partial charge < -0.3 is 35.6 Å². The number of alkyl halides is 3. The number of halogens is 4. The van der Waals surface area contributed by atoms with Crippen molar-refractivity contribution in [1.29, 1.82) is 0 Å². The number of urea groups is 1. The number of likely N-dealkylation sites (tertiary alicyclic amines) is 1. The summed E-state index contributed by atoms with van der Waals surface area (Å²) >= 11 is 6.11. The number of rotatable bonds is 6. The normalized spacial score (nSPS) is 17.1. The highest BCUT2D eigenvalue weighted by molar-refractivity contribution is 6.30. The predicted molar refractivity (Wildman–Crippen MR) is 129 cm³/mol. The van der Waals surface area contributed by atoms with Crippen molar-refractivity contribution < 1.29 is 42.4 Å². The molecule has 1 fully saturated rings. The molecule has 9 nitrogen and oxygen atoms in total.